The number of hydrogen-bond donors (Lipinski definition) is 1. The summed E-state index contributed by atoms with van der Waals surface area (Å²) in [7, 11) is 0. The summed E-state index contributed by atoms with van der Waals surface area (Å²) in [5.41, 5.74) is 0. The monoisotopic (exact) mass is 266 g/mol. The van der Waals surface area contributed by atoms with Crippen molar-refractivity contribution in [2.24, 2.45) is 5.92 Å². The molecule has 1 atom stereocenters. The number of aryl methyl sites for hydroxylation is 1. The molecule has 2 amide bonds. The number of hydrogen-bond acceptors (Lipinski definition) is 5. The summed E-state index contributed by atoms with van der Waals surface area (Å²) in [4.78, 5) is 29.5. The molecule has 1 saturated heterocycles. The van der Waals surface area contributed by atoms with E-state index < -0.39 is 6.04 Å². The molecule has 1 aromatic rings. The maximum atomic E-state index is 11.9. The normalized spacial score (nSPS) is 20.0. The van der Waals surface area contributed by atoms with Gasteiger partial charge in [0, 0.05) is 19.9 Å². The number of carbonyl (C=O) groups is 2. The molecule has 1 fully saturated rings. The summed E-state index contributed by atoms with van der Waals surface area (Å²) in [5, 5.41) is 6.41. The minimum Gasteiger partial charge on any atom is -0.345 e. The van der Waals surface area contributed by atoms with Crippen LogP contribution >= 0.6 is 0 Å². The molecular weight excluding hydrogens is 248 g/mol. The van der Waals surface area contributed by atoms with E-state index in [1.807, 2.05) is 13.8 Å². The van der Waals surface area contributed by atoms with Crippen LogP contribution in [0.15, 0.2) is 4.52 Å². The molecule has 7 heteroatoms. The summed E-state index contributed by atoms with van der Waals surface area (Å²) in [6.07, 6.45) is 0.486. The SMILES string of the molecule is Cc1nc(CCN2C(=O)CNC(=O)C2C(C)C)no1. The quantitative estimate of drug-likeness (QED) is 0.822. The Hall–Kier alpha value is -1.92. The van der Waals surface area contributed by atoms with Gasteiger partial charge in [-0.25, -0.2) is 0 Å². The minimum atomic E-state index is -0.422. The van der Waals surface area contributed by atoms with E-state index in [9.17, 15) is 9.59 Å². The number of nitrogens with one attached hydrogen (secondary N) is 1. The topological polar surface area (TPSA) is 88.3 Å². The molecule has 0 aliphatic carbocycles. The Labute approximate surface area is 111 Å². The average Bonchev–Trinajstić information content (AvgIpc) is 2.75. The van der Waals surface area contributed by atoms with Crippen LogP contribution in [0.5, 0.6) is 0 Å². The molecule has 0 aromatic carbocycles. The van der Waals surface area contributed by atoms with Gasteiger partial charge >= 0.3 is 0 Å². The second kappa shape index (κ2) is 5.38. The number of amides is 2. The number of aromatic nitrogens is 2. The van der Waals surface area contributed by atoms with Crippen LogP contribution in [-0.2, 0) is 16.0 Å². The van der Waals surface area contributed by atoms with E-state index in [1.54, 1.807) is 11.8 Å². The number of rotatable bonds is 4. The molecule has 1 aliphatic heterocycles. The second-order valence-electron chi connectivity index (χ2n) is 4.97. The fourth-order valence-corrected chi connectivity index (χ4v) is 2.26. The van der Waals surface area contributed by atoms with Gasteiger partial charge in [0.1, 0.15) is 6.04 Å². The van der Waals surface area contributed by atoms with Gasteiger partial charge in [-0.15, -0.1) is 0 Å². The van der Waals surface area contributed by atoms with Gasteiger partial charge in [-0.2, -0.15) is 4.98 Å². The summed E-state index contributed by atoms with van der Waals surface area (Å²) < 4.78 is 4.88. The van der Waals surface area contributed by atoms with Crippen LogP contribution in [0, 0.1) is 12.8 Å². The van der Waals surface area contributed by atoms with E-state index in [1.165, 1.54) is 0 Å². The standard InChI is InChI=1S/C12H18N4O3/c1-7(2)11-12(18)13-6-10(17)16(11)5-4-9-14-8(3)19-15-9/h7,11H,4-6H2,1-3H3,(H,13,18). The summed E-state index contributed by atoms with van der Waals surface area (Å²) in [6.45, 7) is 6.05. The molecular formula is C12H18N4O3. The lowest BCUT2D eigenvalue weighted by atomic mass is 9.99. The molecule has 0 radical (unpaired) electrons. The van der Waals surface area contributed by atoms with Crippen molar-refractivity contribution < 1.29 is 14.1 Å². The van der Waals surface area contributed by atoms with Crippen molar-refractivity contribution in [1.29, 1.82) is 0 Å². The van der Waals surface area contributed by atoms with Gasteiger partial charge < -0.3 is 14.7 Å². The van der Waals surface area contributed by atoms with Crippen LogP contribution in [0.2, 0.25) is 0 Å². The fraction of sp³-hybridized carbons (Fsp3) is 0.667. The third kappa shape index (κ3) is 2.91. The molecule has 2 heterocycles. The minimum absolute atomic E-state index is 0.0628. The zero-order valence-electron chi connectivity index (χ0n) is 11.3. The van der Waals surface area contributed by atoms with Crippen LogP contribution in [0.1, 0.15) is 25.6 Å². The summed E-state index contributed by atoms with van der Waals surface area (Å²) in [5.74, 6) is 0.950. The van der Waals surface area contributed by atoms with Crippen molar-refractivity contribution in [3.63, 3.8) is 0 Å². The van der Waals surface area contributed by atoms with Gasteiger partial charge in [0.15, 0.2) is 5.82 Å². The lowest BCUT2D eigenvalue weighted by molar-refractivity contribution is -0.147. The number of carbonyl (C=O) groups excluding carboxylic acids is 2. The van der Waals surface area contributed by atoms with Crippen molar-refractivity contribution >= 4 is 11.8 Å². The predicted molar refractivity (Wildman–Crippen MR) is 66.1 cm³/mol. The van der Waals surface area contributed by atoms with Crippen LogP contribution in [0.4, 0.5) is 0 Å². The maximum Gasteiger partial charge on any atom is 0.243 e. The zero-order chi connectivity index (χ0) is 14.0. The molecule has 0 bridgehead atoms. The molecule has 2 rings (SSSR count). The van der Waals surface area contributed by atoms with E-state index >= 15 is 0 Å². The Morgan fingerprint density at radius 2 is 2.21 bits per heavy atom. The van der Waals surface area contributed by atoms with Gasteiger partial charge in [-0.3, -0.25) is 9.59 Å². The molecule has 7 nitrogen and oxygen atoms in total. The molecule has 1 unspecified atom stereocenters. The van der Waals surface area contributed by atoms with Crippen LogP contribution in [0.25, 0.3) is 0 Å². The first-order chi connectivity index (χ1) is 8.99. The van der Waals surface area contributed by atoms with Gasteiger partial charge in [0.2, 0.25) is 17.7 Å². The van der Waals surface area contributed by atoms with Crippen molar-refractivity contribution in [2.75, 3.05) is 13.1 Å². The summed E-state index contributed by atoms with van der Waals surface area (Å²) >= 11 is 0. The molecule has 104 valence electrons. The van der Waals surface area contributed by atoms with Crippen LogP contribution in [-0.4, -0.2) is 46.0 Å². The Morgan fingerprint density at radius 1 is 1.47 bits per heavy atom. The largest absolute Gasteiger partial charge is 0.345 e. The second-order valence-corrected chi connectivity index (χ2v) is 4.97. The molecule has 0 spiro atoms. The van der Waals surface area contributed by atoms with Crippen molar-refractivity contribution in [3.8, 4) is 0 Å². The van der Waals surface area contributed by atoms with Gasteiger partial charge in [-0.1, -0.05) is 19.0 Å². The lowest BCUT2D eigenvalue weighted by Gasteiger charge is -2.37. The highest BCUT2D eigenvalue weighted by Crippen LogP contribution is 2.15. The lowest BCUT2D eigenvalue weighted by Crippen LogP contribution is -2.60. The van der Waals surface area contributed by atoms with E-state index in [0.29, 0.717) is 24.7 Å². The highest BCUT2D eigenvalue weighted by atomic mass is 16.5. The van der Waals surface area contributed by atoms with E-state index in [2.05, 4.69) is 15.5 Å². The Balaban J connectivity index is 2.06. The van der Waals surface area contributed by atoms with Crippen LogP contribution < -0.4 is 5.32 Å². The molecule has 19 heavy (non-hydrogen) atoms. The van der Waals surface area contributed by atoms with E-state index in [4.69, 9.17) is 4.52 Å². The highest BCUT2D eigenvalue weighted by Gasteiger charge is 2.36. The van der Waals surface area contributed by atoms with Crippen LogP contribution in [0.3, 0.4) is 0 Å². The van der Waals surface area contributed by atoms with Crippen molar-refractivity contribution in [3.05, 3.63) is 11.7 Å². The van der Waals surface area contributed by atoms with E-state index in [0.717, 1.165) is 0 Å². The molecule has 0 saturated carbocycles. The maximum absolute atomic E-state index is 11.9. The van der Waals surface area contributed by atoms with Gasteiger partial charge in [-0.05, 0) is 5.92 Å². The van der Waals surface area contributed by atoms with Gasteiger partial charge in [0.05, 0.1) is 6.54 Å². The zero-order valence-corrected chi connectivity index (χ0v) is 11.3. The number of piperazine rings is 1. The third-order valence-corrected chi connectivity index (χ3v) is 3.12. The average molecular weight is 266 g/mol. The molecule has 1 N–H and O–H groups in total. The first kappa shape index (κ1) is 13.5. The smallest absolute Gasteiger partial charge is 0.243 e. The summed E-state index contributed by atoms with van der Waals surface area (Å²) in [6, 6.07) is -0.422. The number of nitrogens with zero attached hydrogens (tertiary/aromatic N) is 3. The van der Waals surface area contributed by atoms with Gasteiger partial charge in [0.25, 0.3) is 0 Å². The molecule has 1 aliphatic rings. The van der Waals surface area contributed by atoms with Crippen molar-refractivity contribution in [1.82, 2.24) is 20.4 Å². The Kier molecular flexibility index (Phi) is 3.82. The third-order valence-electron chi connectivity index (χ3n) is 3.12. The first-order valence-corrected chi connectivity index (χ1v) is 6.35. The highest BCUT2D eigenvalue weighted by molar-refractivity contribution is 5.94. The first-order valence-electron chi connectivity index (χ1n) is 6.35. The van der Waals surface area contributed by atoms with E-state index in [-0.39, 0.29) is 24.3 Å². The fourth-order valence-electron chi connectivity index (χ4n) is 2.26. The Bertz CT molecular complexity index is 483. The predicted octanol–water partition coefficient (Wildman–Crippen LogP) is -0.0965. The molecule has 1 aromatic heterocycles. The van der Waals surface area contributed by atoms with Crippen molar-refractivity contribution in [2.45, 2.75) is 33.2 Å². The Morgan fingerprint density at radius 3 is 2.79 bits per heavy atom.